The van der Waals surface area contributed by atoms with E-state index in [1.165, 1.54) is 25.9 Å². The molecule has 1 unspecified atom stereocenters. The first-order valence-corrected chi connectivity index (χ1v) is 5.31. The second-order valence-electron chi connectivity index (χ2n) is 3.99. The summed E-state index contributed by atoms with van der Waals surface area (Å²) in [5, 5.41) is 0. The number of alkyl halides is 1. The first kappa shape index (κ1) is 8.58. The summed E-state index contributed by atoms with van der Waals surface area (Å²) in [6.07, 6.45) is 4.77. The van der Waals surface area contributed by atoms with Crippen molar-refractivity contribution in [1.82, 2.24) is 4.90 Å². The van der Waals surface area contributed by atoms with Crippen LogP contribution in [0.5, 0.6) is 0 Å². The van der Waals surface area contributed by atoms with Crippen LogP contribution in [0.3, 0.4) is 0 Å². The van der Waals surface area contributed by atoms with Crippen molar-refractivity contribution in [2.24, 2.45) is 11.8 Å². The quantitative estimate of drug-likeness (QED) is 0.471. The zero-order valence-corrected chi connectivity index (χ0v) is 8.13. The number of piperidine rings is 3. The number of fused-ring (bicyclic) bond motifs is 3. The van der Waals surface area contributed by atoms with E-state index in [1.807, 2.05) is 0 Å². The number of hydrogen-bond acceptors (Lipinski definition) is 1. The van der Waals surface area contributed by atoms with Crippen molar-refractivity contribution >= 4 is 11.6 Å². The molecule has 2 heteroatoms. The van der Waals surface area contributed by atoms with Crippen LogP contribution in [0.2, 0.25) is 0 Å². The molecule has 3 aliphatic heterocycles. The molecule has 3 rings (SSSR count). The van der Waals surface area contributed by atoms with E-state index in [-0.39, 0.29) is 0 Å². The minimum absolute atomic E-state index is 0.654. The van der Waals surface area contributed by atoms with E-state index in [1.54, 1.807) is 0 Å². The van der Waals surface area contributed by atoms with Gasteiger partial charge in [0.2, 0.25) is 0 Å². The van der Waals surface area contributed by atoms with E-state index in [2.05, 4.69) is 17.6 Å². The van der Waals surface area contributed by atoms with Gasteiger partial charge in [-0.15, -0.1) is 18.2 Å². The first-order valence-electron chi connectivity index (χ1n) is 4.77. The molecular weight excluding hydrogens is 170 g/mol. The summed E-state index contributed by atoms with van der Waals surface area (Å²) in [6, 6.07) is 0.654. The third-order valence-corrected chi connectivity index (χ3v) is 3.77. The van der Waals surface area contributed by atoms with Crippen LogP contribution in [-0.2, 0) is 0 Å². The molecule has 0 aromatic heterocycles. The van der Waals surface area contributed by atoms with E-state index < -0.39 is 0 Å². The van der Waals surface area contributed by atoms with E-state index in [4.69, 9.17) is 11.6 Å². The molecule has 0 radical (unpaired) electrons. The minimum Gasteiger partial charge on any atom is -0.299 e. The van der Waals surface area contributed by atoms with Crippen LogP contribution in [0, 0.1) is 11.8 Å². The number of rotatable bonds is 2. The van der Waals surface area contributed by atoms with E-state index in [0.717, 1.165) is 17.7 Å². The molecule has 68 valence electrons. The zero-order valence-electron chi connectivity index (χ0n) is 7.38. The molecule has 0 aliphatic carbocycles. The Labute approximate surface area is 79.4 Å². The standard InChI is InChI=1S/C10H16ClN/c1-2-8-7-12-4-3-9(8)5-10(12)6-11/h2,8-10H,1,3-7H2/t8-,9-,10+/m0/s1. The normalized spacial score (nSPS) is 46.1. The molecular formula is C10H16ClN. The van der Waals surface area contributed by atoms with Crippen molar-refractivity contribution in [3.63, 3.8) is 0 Å². The lowest BCUT2D eigenvalue weighted by Gasteiger charge is -2.48. The summed E-state index contributed by atoms with van der Waals surface area (Å²) in [5.74, 6) is 2.41. The Morgan fingerprint density at radius 3 is 2.92 bits per heavy atom. The van der Waals surface area contributed by atoms with E-state index in [0.29, 0.717) is 6.04 Å². The van der Waals surface area contributed by atoms with Crippen molar-refractivity contribution in [2.75, 3.05) is 19.0 Å². The highest BCUT2D eigenvalue weighted by Gasteiger charge is 2.37. The number of nitrogens with zero attached hydrogens (tertiary/aromatic N) is 1. The van der Waals surface area contributed by atoms with Crippen LogP contribution in [-0.4, -0.2) is 29.9 Å². The Morgan fingerprint density at radius 1 is 1.58 bits per heavy atom. The maximum atomic E-state index is 5.90. The largest absolute Gasteiger partial charge is 0.299 e. The smallest absolute Gasteiger partial charge is 0.0379 e. The maximum Gasteiger partial charge on any atom is 0.0379 e. The summed E-state index contributed by atoms with van der Waals surface area (Å²) < 4.78 is 0. The van der Waals surface area contributed by atoms with Crippen LogP contribution in [0.15, 0.2) is 12.7 Å². The van der Waals surface area contributed by atoms with Crippen LogP contribution < -0.4 is 0 Å². The second-order valence-corrected chi connectivity index (χ2v) is 4.30. The fourth-order valence-electron chi connectivity index (χ4n) is 2.61. The summed E-state index contributed by atoms with van der Waals surface area (Å²) in [4.78, 5) is 2.53. The fraction of sp³-hybridized carbons (Fsp3) is 0.800. The average molecular weight is 186 g/mol. The summed E-state index contributed by atoms with van der Waals surface area (Å²) in [6.45, 7) is 6.35. The highest BCUT2D eigenvalue weighted by Crippen LogP contribution is 2.36. The summed E-state index contributed by atoms with van der Waals surface area (Å²) >= 11 is 5.90. The summed E-state index contributed by atoms with van der Waals surface area (Å²) in [5.41, 5.74) is 0. The van der Waals surface area contributed by atoms with Gasteiger partial charge in [-0.05, 0) is 31.2 Å². The number of halogens is 1. The molecule has 3 heterocycles. The van der Waals surface area contributed by atoms with Gasteiger partial charge in [-0.25, -0.2) is 0 Å². The van der Waals surface area contributed by atoms with Crippen LogP contribution in [0.25, 0.3) is 0 Å². The predicted molar refractivity (Wildman–Crippen MR) is 52.5 cm³/mol. The molecule has 0 aromatic rings. The Balaban J connectivity index is 2.05. The molecule has 3 fully saturated rings. The summed E-state index contributed by atoms with van der Waals surface area (Å²) in [7, 11) is 0. The van der Waals surface area contributed by atoms with Crippen molar-refractivity contribution < 1.29 is 0 Å². The Bertz CT molecular complexity index is 181. The van der Waals surface area contributed by atoms with Gasteiger partial charge in [-0.1, -0.05) is 6.08 Å². The van der Waals surface area contributed by atoms with Gasteiger partial charge in [0.1, 0.15) is 0 Å². The minimum atomic E-state index is 0.654. The monoisotopic (exact) mass is 185 g/mol. The molecule has 2 bridgehead atoms. The molecule has 0 saturated carbocycles. The maximum absolute atomic E-state index is 5.90. The highest BCUT2D eigenvalue weighted by atomic mass is 35.5. The van der Waals surface area contributed by atoms with Crippen molar-refractivity contribution in [1.29, 1.82) is 0 Å². The van der Waals surface area contributed by atoms with Gasteiger partial charge in [-0.3, -0.25) is 4.90 Å². The second kappa shape index (κ2) is 3.39. The molecule has 0 spiro atoms. The highest BCUT2D eigenvalue weighted by molar-refractivity contribution is 6.18. The van der Waals surface area contributed by atoms with Gasteiger partial charge >= 0.3 is 0 Å². The molecule has 0 amide bonds. The molecule has 0 N–H and O–H groups in total. The molecule has 0 aromatic carbocycles. The Hall–Kier alpha value is -0.0100. The van der Waals surface area contributed by atoms with Gasteiger partial charge < -0.3 is 0 Å². The Kier molecular flexibility index (Phi) is 2.42. The topological polar surface area (TPSA) is 3.24 Å². The van der Waals surface area contributed by atoms with Gasteiger partial charge in [-0.2, -0.15) is 0 Å². The van der Waals surface area contributed by atoms with Gasteiger partial charge in [0.15, 0.2) is 0 Å². The molecule has 3 saturated heterocycles. The van der Waals surface area contributed by atoms with Gasteiger partial charge in [0.25, 0.3) is 0 Å². The van der Waals surface area contributed by atoms with Crippen molar-refractivity contribution in [3.8, 4) is 0 Å². The third kappa shape index (κ3) is 1.29. The van der Waals surface area contributed by atoms with Gasteiger partial charge in [0.05, 0.1) is 0 Å². The van der Waals surface area contributed by atoms with Crippen molar-refractivity contribution in [2.45, 2.75) is 18.9 Å². The van der Waals surface area contributed by atoms with Gasteiger partial charge in [0, 0.05) is 18.5 Å². The number of hydrogen-bond donors (Lipinski definition) is 0. The molecule has 1 nitrogen and oxygen atoms in total. The van der Waals surface area contributed by atoms with Crippen molar-refractivity contribution in [3.05, 3.63) is 12.7 Å². The lowest BCUT2D eigenvalue weighted by Crippen LogP contribution is -2.53. The molecule has 4 atom stereocenters. The fourth-order valence-corrected chi connectivity index (χ4v) is 2.93. The third-order valence-electron chi connectivity index (χ3n) is 3.41. The van der Waals surface area contributed by atoms with E-state index in [9.17, 15) is 0 Å². The first-order chi connectivity index (χ1) is 5.85. The van der Waals surface area contributed by atoms with Crippen LogP contribution in [0.1, 0.15) is 12.8 Å². The lowest BCUT2D eigenvalue weighted by atomic mass is 9.76. The SMILES string of the molecule is C=C[C@H]1CN2CC[C@H]1C[C@@H]2CCl. The predicted octanol–water partition coefficient (Wildman–Crippen LogP) is 2.12. The average Bonchev–Trinajstić information content (AvgIpc) is 2.18. The zero-order chi connectivity index (χ0) is 8.55. The Morgan fingerprint density at radius 2 is 2.42 bits per heavy atom. The van der Waals surface area contributed by atoms with Crippen LogP contribution >= 0.6 is 11.6 Å². The van der Waals surface area contributed by atoms with E-state index >= 15 is 0 Å². The molecule has 3 aliphatic rings. The molecule has 12 heavy (non-hydrogen) atoms. The lowest BCUT2D eigenvalue weighted by molar-refractivity contribution is 0.0293. The van der Waals surface area contributed by atoms with Crippen LogP contribution in [0.4, 0.5) is 0 Å².